The van der Waals surface area contributed by atoms with Gasteiger partial charge in [0.25, 0.3) is 0 Å². The second-order valence-electron chi connectivity index (χ2n) is 7.83. The van der Waals surface area contributed by atoms with Gasteiger partial charge in [-0.25, -0.2) is 13.1 Å². The number of nitrogens with zero attached hydrogens (tertiary/aromatic N) is 2. The molecular weight excluding hydrogens is 360 g/mol. The van der Waals surface area contributed by atoms with E-state index in [4.69, 9.17) is 5.73 Å². The Kier molecular flexibility index (Phi) is 7.38. The zero-order valence-electron chi connectivity index (χ0n) is 16.3. The summed E-state index contributed by atoms with van der Waals surface area (Å²) < 4.78 is 27.5. The van der Waals surface area contributed by atoms with Crippen molar-refractivity contribution in [3.05, 3.63) is 24.3 Å². The van der Waals surface area contributed by atoms with Crippen LogP contribution in [0.1, 0.15) is 44.9 Å². The van der Waals surface area contributed by atoms with Crippen LogP contribution in [0.3, 0.4) is 0 Å². The maximum Gasteiger partial charge on any atom is 0.214 e. The molecule has 0 amide bonds. The second kappa shape index (κ2) is 9.75. The molecule has 1 heterocycles. The molecule has 1 aliphatic heterocycles. The first kappa shape index (κ1) is 20.4. The van der Waals surface area contributed by atoms with E-state index in [1.807, 2.05) is 18.2 Å². The largest absolute Gasteiger partial charge is 0.399 e. The van der Waals surface area contributed by atoms with Crippen LogP contribution in [-0.4, -0.2) is 57.8 Å². The molecule has 27 heavy (non-hydrogen) atoms. The number of rotatable bonds is 8. The molecule has 2 fully saturated rings. The number of nitrogen functional groups attached to an aromatic ring is 1. The van der Waals surface area contributed by atoms with E-state index >= 15 is 0 Å². The van der Waals surface area contributed by atoms with Crippen LogP contribution in [0.5, 0.6) is 0 Å². The van der Waals surface area contributed by atoms with Gasteiger partial charge in [0.05, 0.1) is 5.25 Å². The van der Waals surface area contributed by atoms with E-state index in [2.05, 4.69) is 20.6 Å². The lowest BCUT2D eigenvalue weighted by Crippen LogP contribution is -2.46. The quantitative estimate of drug-likeness (QED) is 0.523. The van der Waals surface area contributed by atoms with Crippen LogP contribution in [0.4, 0.5) is 11.4 Å². The summed E-state index contributed by atoms with van der Waals surface area (Å²) in [6, 6.07) is 8.08. The Morgan fingerprint density at radius 2 is 1.78 bits per heavy atom. The van der Waals surface area contributed by atoms with Gasteiger partial charge in [-0.15, -0.1) is 0 Å². The zero-order chi connectivity index (χ0) is 19.1. The minimum atomic E-state index is -3.11. The summed E-state index contributed by atoms with van der Waals surface area (Å²) in [5, 5.41) is -0.161. The molecule has 3 N–H and O–H groups in total. The van der Waals surface area contributed by atoms with Crippen molar-refractivity contribution < 1.29 is 8.42 Å². The lowest BCUT2D eigenvalue weighted by molar-refractivity contribution is 0.253. The highest BCUT2D eigenvalue weighted by Crippen LogP contribution is 2.23. The molecule has 3 rings (SSSR count). The first-order valence-electron chi connectivity index (χ1n) is 10.4. The summed E-state index contributed by atoms with van der Waals surface area (Å²) in [7, 11) is -3.11. The average molecular weight is 395 g/mol. The number of nitrogens with two attached hydrogens (primary N) is 1. The molecule has 152 valence electrons. The van der Waals surface area contributed by atoms with E-state index in [1.54, 1.807) is 0 Å². The van der Waals surface area contributed by atoms with Crippen molar-refractivity contribution >= 4 is 21.4 Å². The highest BCUT2D eigenvalue weighted by atomic mass is 32.2. The van der Waals surface area contributed by atoms with Crippen molar-refractivity contribution in [2.75, 3.05) is 49.9 Å². The number of piperazine rings is 1. The highest BCUT2D eigenvalue weighted by molar-refractivity contribution is 7.90. The molecule has 0 bridgehead atoms. The fourth-order valence-electron chi connectivity index (χ4n) is 4.12. The van der Waals surface area contributed by atoms with Gasteiger partial charge in [0.2, 0.25) is 10.0 Å². The average Bonchev–Trinajstić information content (AvgIpc) is 2.69. The zero-order valence-corrected chi connectivity index (χ0v) is 17.1. The van der Waals surface area contributed by atoms with Crippen molar-refractivity contribution in [2.24, 2.45) is 0 Å². The monoisotopic (exact) mass is 394 g/mol. The Hall–Kier alpha value is -1.31. The van der Waals surface area contributed by atoms with Gasteiger partial charge in [-0.1, -0.05) is 25.3 Å². The number of unbranched alkanes of at least 4 members (excludes halogenated alkanes) is 1. The van der Waals surface area contributed by atoms with E-state index in [-0.39, 0.29) is 5.25 Å². The highest BCUT2D eigenvalue weighted by Gasteiger charge is 2.26. The number of nitrogens with one attached hydrogen (secondary N) is 1. The van der Waals surface area contributed by atoms with Crippen LogP contribution in [0.25, 0.3) is 0 Å². The van der Waals surface area contributed by atoms with Gasteiger partial charge in [-0.2, -0.15) is 0 Å². The van der Waals surface area contributed by atoms with E-state index in [0.717, 1.165) is 76.9 Å². The molecule has 0 unspecified atom stereocenters. The maximum absolute atomic E-state index is 12.3. The van der Waals surface area contributed by atoms with Crippen LogP contribution in [0.2, 0.25) is 0 Å². The van der Waals surface area contributed by atoms with E-state index < -0.39 is 10.0 Å². The smallest absolute Gasteiger partial charge is 0.214 e. The summed E-state index contributed by atoms with van der Waals surface area (Å²) in [4.78, 5) is 4.85. The van der Waals surface area contributed by atoms with Crippen LogP contribution in [0.15, 0.2) is 24.3 Å². The molecule has 0 aromatic heterocycles. The topological polar surface area (TPSA) is 78.7 Å². The Morgan fingerprint density at radius 3 is 2.48 bits per heavy atom. The number of hydrogen-bond acceptors (Lipinski definition) is 5. The lowest BCUT2D eigenvalue weighted by Gasteiger charge is -2.36. The molecule has 1 saturated carbocycles. The molecular formula is C20H34N4O2S. The minimum Gasteiger partial charge on any atom is -0.399 e. The Labute approximate surface area is 164 Å². The first-order chi connectivity index (χ1) is 13.0. The van der Waals surface area contributed by atoms with E-state index in [9.17, 15) is 8.42 Å². The molecule has 0 atom stereocenters. The third-order valence-electron chi connectivity index (χ3n) is 5.80. The minimum absolute atomic E-state index is 0.161. The predicted octanol–water partition coefficient (Wildman–Crippen LogP) is 2.42. The van der Waals surface area contributed by atoms with Gasteiger partial charge in [0.1, 0.15) is 0 Å². The van der Waals surface area contributed by atoms with Gasteiger partial charge >= 0.3 is 0 Å². The fraction of sp³-hybridized carbons (Fsp3) is 0.700. The fourth-order valence-corrected chi connectivity index (χ4v) is 5.74. The van der Waals surface area contributed by atoms with Crippen LogP contribution >= 0.6 is 0 Å². The van der Waals surface area contributed by atoms with Gasteiger partial charge in [-0.3, -0.25) is 4.90 Å². The summed E-state index contributed by atoms with van der Waals surface area (Å²) in [6.45, 7) is 5.72. The molecule has 2 aliphatic rings. The summed E-state index contributed by atoms with van der Waals surface area (Å²) in [5.74, 6) is 0. The molecule has 1 aromatic rings. The molecule has 0 radical (unpaired) electrons. The van der Waals surface area contributed by atoms with Crippen molar-refractivity contribution in [2.45, 2.75) is 50.2 Å². The third kappa shape index (κ3) is 6.09. The Bertz CT molecular complexity index is 681. The van der Waals surface area contributed by atoms with Crippen molar-refractivity contribution in [3.8, 4) is 0 Å². The Balaban J connectivity index is 1.30. The lowest BCUT2D eigenvalue weighted by atomic mass is 10.0. The third-order valence-corrected chi connectivity index (χ3v) is 7.76. The van der Waals surface area contributed by atoms with Gasteiger partial charge in [0, 0.05) is 44.1 Å². The van der Waals surface area contributed by atoms with Crippen molar-refractivity contribution in [1.82, 2.24) is 9.62 Å². The van der Waals surface area contributed by atoms with Gasteiger partial charge in [0.15, 0.2) is 0 Å². The van der Waals surface area contributed by atoms with Gasteiger partial charge in [-0.05, 0) is 50.4 Å². The molecule has 1 aromatic carbocycles. The van der Waals surface area contributed by atoms with Crippen molar-refractivity contribution in [3.63, 3.8) is 0 Å². The molecule has 0 spiro atoms. The molecule has 1 saturated heterocycles. The number of sulfonamides is 1. The van der Waals surface area contributed by atoms with Crippen LogP contribution < -0.4 is 15.4 Å². The maximum atomic E-state index is 12.3. The summed E-state index contributed by atoms with van der Waals surface area (Å²) >= 11 is 0. The predicted molar refractivity (Wildman–Crippen MR) is 113 cm³/mol. The summed E-state index contributed by atoms with van der Waals surface area (Å²) in [5.41, 5.74) is 7.89. The number of benzene rings is 1. The van der Waals surface area contributed by atoms with Crippen LogP contribution in [-0.2, 0) is 10.0 Å². The Morgan fingerprint density at radius 1 is 1.04 bits per heavy atom. The second-order valence-corrected chi connectivity index (χ2v) is 9.88. The SMILES string of the molecule is Nc1cccc(N2CCN(CCCCNS(=O)(=O)C3CCCCC3)CC2)c1. The van der Waals surface area contributed by atoms with Crippen LogP contribution in [0, 0.1) is 0 Å². The molecule has 6 nitrogen and oxygen atoms in total. The number of anilines is 2. The first-order valence-corrected chi connectivity index (χ1v) is 11.9. The van der Waals surface area contributed by atoms with Crippen molar-refractivity contribution in [1.29, 1.82) is 0 Å². The van der Waals surface area contributed by atoms with E-state index in [1.165, 1.54) is 12.1 Å². The molecule has 1 aliphatic carbocycles. The standard InChI is InChI=1S/C20H34N4O2S/c21-18-7-6-8-19(17-18)24-15-13-23(14-16-24)12-5-4-11-22-27(25,26)20-9-2-1-3-10-20/h6-8,17,20,22H,1-5,9-16,21H2. The van der Waals surface area contributed by atoms with Gasteiger partial charge < -0.3 is 10.6 Å². The molecule has 7 heteroatoms. The summed E-state index contributed by atoms with van der Waals surface area (Å²) in [6.07, 6.45) is 6.86. The van der Waals surface area contributed by atoms with E-state index in [0.29, 0.717) is 6.54 Å². The number of hydrogen-bond donors (Lipinski definition) is 2. The normalized spacial score (nSPS) is 20.1.